The lowest BCUT2D eigenvalue weighted by Crippen LogP contribution is -2.09. The predicted octanol–water partition coefficient (Wildman–Crippen LogP) is 1.55. The Bertz CT molecular complexity index is 415. The molecule has 0 radical (unpaired) electrons. The molecule has 0 aliphatic heterocycles. The third kappa shape index (κ3) is 2.25. The molecule has 0 spiro atoms. The molecule has 1 aromatic rings. The normalized spacial score (nSPS) is 10.2. The van der Waals surface area contributed by atoms with Crippen LogP contribution in [0.5, 0.6) is 5.88 Å². The van der Waals surface area contributed by atoms with Gasteiger partial charge in [0, 0.05) is 12.7 Å². The Labute approximate surface area is 91.7 Å². The molecule has 0 unspecified atom stereocenters. The SMILES string of the molecule is COc1ncc(CC#N)c(CN)c1C(F)F. The molecule has 1 aromatic heterocycles. The molecule has 0 atom stereocenters. The van der Waals surface area contributed by atoms with Crippen LogP contribution in [0.2, 0.25) is 0 Å². The van der Waals surface area contributed by atoms with Gasteiger partial charge in [0.1, 0.15) is 0 Å². The molecular weight excluding hydrogens is 216 g/mol. The van der Waals surface area contributed by atoms with Crippen LogP contribution in [0.3, 0.4) is 0 Å². The Morgan fingerprint density at radius 2 is 2.31 bits per heavy atom. The van der Waals surface area contributed by atoms with Gasteiger partial charge in [-0.3, -0.25) is 0 Å². The molecule has 6 heteroatoms. The molecular formula is C10H11F2N3O. The van der Waals surface area contributed by atoms with Gasteiger partial charge in [-0.05, 0) is 11.1 Å². The maximum absolute atomic E-state index is 12.8. The van der Waals surface area contributed by atoms with Gasteiger partial charge >= 0.3 is 0 Å². The van der Waals surface area contributed by atoms with Crippen molar-refractivity contribution in [1.82, 2.24) is 4.98 Å². The Balaban J connectivity index is 3.38. The summed E-state index contributed by atoms with van der Waals surface area (Å²) in [7, 11) is 1.26. The highest BCUT2D eigenvalue weighted by atomic mass is 19.3. The van der Waals surface area contributed by atoms with Crippen LogP contribution < -0.4 is 10.5 Å². The summed E-state index contributed by atoms with van der Waals surface area (Å²) in [4.78, 5) is 3.74. The molecule has 1 rings (SSSR count). The van der Waals surface area contributed by atoms with Crippen molar-refractivity contribution in [3.8, 4) is 11.9 Å². The van der Waals surface area contributed by atoms with E-state index in [1.807, 2.05) is 6.07 Å². The fourth-order valence-electron chi connectivity index (χ4n) is 1.45. The Morgan fingerprint density at radius 3 is 2.75 bits per heavy atom. The van der Waals surface area contributed by atoms with Crippen molar-refractivity contribution in [2.75, 3.05) is 7.11 Å². The van der Waals surface area contributed by atoms with E-state index in [0.29, 0.717) is 5.56 Å². The van der Waals surface area contributed by atoms with Crippen LogP contribution in [0.15, 0.2) is 6.20 Å². The highest BCUT2D eigenvalue weighted by Gasteiger charge is 2.22. The number of alkyl halides is 2. The van der Waals surface area contributed by atoms with Crippen LogP contribution in [-0.4, -0.2) is 12.1 Å². The van der Waals surface area contributed by atoms with Crippen molar-refractivity contribution in [2.45, 2.75) is 19.4 Å². The number of hydrogen-bond acceptors (Lipinski definition) is 4. The third-order valence-electron chi connectivity index (χ3n) is 2.17. The first kappa shape index (κ1) is 12.3. The standard InChI is InChI=1S/C10H11F2N3O/c1-16-10-8(9(11)12)7(4-14)6(2-3-13)5-15-10/h5,9H,2,4,14H2,1H3. The fourth-order valence-corrected chi connectivity index (χ4v) is 1.45. The second kappa shape index (κ2) is 5.37. The molecule has 1 heterocycles. The van der Waals surface area contributed by atoms with E-state index in [4.69, 9.17) is 15.7 Å². The number of nitrogens with zero attached hydrogens (tertiary/aromatic N) is 2. The van der Waals surface area contributed by atoms with Crippen molar-refractivity contribution >= 4 is 0 Å². The molecule has 0 amide bonds. The minimum absolute atomic E-state index is 0.00322. The predicted molar refractivity (Wildman–Crippen MR) is 53.0 cm³/mol. The molecule has 0 saturated heterocycles. The number of ether oxygens (including phenoxy) is 1. The van der Waals surface area contributed by atoms with E-state index in [-0.39, 0.29) is 30.0 Å². The molecule has 4 nitrogen and oxygen atoms in total. The maximum atomic E-state index is 12.8. The number of nitriles is 1. The summed E-state index contributed by atoms with van der Waals surface area (Å²) in [5, 5.41) is 8.56. The van der Waals surface area contributed by atoms with E-state index in [1.54, 1.807) is 0 Å². The lowest BCUT2D eigenvalue weighted by molar-refractivity contribution is 0.144. The van der Waals surface area contributed by atoms with Crippen LogP contribution >= 0.6 is 0 Å². The number of pyridine rings is 1. The second-order valence-corrected chi connectivity index (χ2v) is 3.02. The molecule has 2 N–H and O–H groups in total. The van der Waals surface area contributed by atoms with Gasteiger partial charge in [0.05, 0.1) is 25.2 Å². The van der Waals surface area contributed by atoms with Crippen LogP contribution in [0, 0.1) is 11.3 Å². The van der Waals surface area contributed by atoms with Gasteiger partial charge in [-0.15, -0.1) is 0 Å². The molecule has 0 aliphatic carbocycles. The summed E-state index contributed by atoms with van der Waals surface area (Å²) in [5.74, 6) is -0.142. The molecule has 16 heavy (non-hydrogen) atoms. The van der Waals surface area contributed by atoms with E-state index >= 15 is 0 Å². The Kier molecular flexibility index (Phi) is 4.14. The van der Waals surface area contributed by atoms with Gasteiger partial charge in [-0.25, -0.2) is 13.8 Å². The molecule has 0 aromatic carbocycles. The van der Waals surface area contributed by atoms with Crippen molar-refractivity contribution in [3.63, 3.8) is 0 Å². The van der Waals surface area contributed by atoms with Gasteiger partial charge in [-0.2, -0.15) is 5.26 Å². The summed E-state index contributed by atoms with van der Waals surface area (Å²) in [6.07, 6.45) is -1.38. The molecule has 0 bridgehead atoms. The summed E-state index contributed by atoms with van der Waals surface area (Å²) in [5.41, 5.74) is 5.75. The van der Waals surface area contributed by atoms with Crippen molar-refractivity contribution in [3.05, 3.63) is 22.9 Å². The second-order valence-electron chi connectivity index (χ2n) is 3.02. The lowest BCUT2D eigenvalue weighted by atomic mass is 10.0. The topological polar surface area (TPSA) is 71.9 Å². The minimum atomic E-state index is -2.72. The third-order valence-corrected chi connectivity index (χ3v) is 2.17. The van der Waals surface area contributed by atoms with E-state index in [0.717, 1.165) is 0 Å². The van der Waals surface area contributed by atoms with E-state index < -0.39 is 6.43 Å². The fraction of sp³-hybridized carbons (Fsp3) is 0.400. The zero-order valence-corrected chi connectivity index (χ0v) is 8.70. The highest BCUT2D eigenvalue weighted by Crippen LogP contribution is 2.32. The molecule has 0 aliphatic rings. The zero-order valence-electron chi connectivity index (χ0n) is 8.70. The van der Waals surface area contributed by atoms with Gasteiger partial charge in [0.2, 0.25) is 5.88 Å². The number of nitrogens with two attached hydrogens (primary N) is 1. The zero-order chi connectivity index (χ0) is 12.1. The summed E-state index contributed by atoms with van der Waals surface area (Å²) >= 11 is 0. The average Bonchev–Trinajstić information content (AvgIpc) is 2.28. The molecule has 86 valence electrons. The van der Waals surface area contributed by atoms with Crippen LogP contribution in [0.1, 0.15) is 23.1 Å². The quantitative estimate of drug-likeness (QED) is 0.847. The Morgan fingerprint density at radius 1 is 1.62 bits per heavy atom. The Hall–Kier alpha value is -1.74. The molecule has 0 fully saturated rings. The number of hydrogen-bond donors (Lipinski definition) is 1. The van der Waals surface area contributed by atoms with Gasteiger partial charge in [-0.1, -0.05) is 0 Å². The number of halogens is 2. The van der Waals surface area contributed by atoms with E-state index in [1.165, 1.54) is 13.3 Å². The van der Waals surface area contributed by atoms with E-state index in [9.17, 15) is 8.78 Å². The molecule has 0 saturated carbocycles. The number of methoxy groups -OCH3 is 1. The van der Waals surface area contributed by atoms with Crippen molar-refractivity contribution < 1.29 is 13.5 Å². The highest BCUT2D eigenvalue weighted by molar-refractivity contribution is 5.41. The monoisotopic (exact) mass is 227 g/mol. The van der Waals surface area contributed by atoms with Gasteiger partial charge in [0.25, 0.3) is 6.43 Å². The van der Waals surface area contributed by atoms with Crippen LogP contribution in [0.4, 0.5) is 8.78 Å². The largest absolute Gasteiger partial charge is 0.481 e. The summed E-state index contributed by atoms with van der Waals surface area (Å²) in [6, 6.07) is 1.88. The van der Waals surface area contributed by atoms with Crippen molar-refractivity contribution in [1.29, 1.82) is 5.26 Å². The summed E-state index contributed by atoms with van der Waals surface area (Å²) < 4.78 is 30.4. The lowest BCUT2D eigenvalue weighted by Gasteiger charge is -2.13. The summed E-state index contributed by atoms with van der Waals surface area (Å²) in [6.45, 7) is -0.0738. The van der Waals surface area contributed by atoms with Gasteiger partial charge < -0.3 is 10.5 Å². The number of rotatable bonds is 4. The number of aromatic nitrogens is 1. The first-order chi connectivity index (χ1) is 7.65. The van der Waals surface area contributed by atoms with Crippen LogP contribution in [-0.2, 0) is 13.0 Å². The first-order valence-electron chi connectivity index (χ1n) is 4.55. The van der Waals surface area contributed by atoms with Gasteiger partial charge in [0.15, 0.2) is 0 Å². The first-order valence-corrected chi connectivity index (χ1v) is 4.55. The van der Waals surface area contributed by atoms with Crippen molar-refractivity contribution in [2.24, 2.45) is 5.73 Å². The minimum Gasteiger partial charge on any atom is -0.481 e. The van der Waals surface area contributed by atoms with E-state index in [2.05, 4.69) is 4.98 Å². The smallest absolute Gasteiger partial charge is 0.269 e. The van der Waals surface area contributed by atoms with Crippen LogP contribution in [0.25, 0.3) is 0 Å². The maximum Gasteiger partial charge on any atom is 0.269 e. The average molecular weight is 227 g/mol.